The topological polar surface area (TPSA) is 45.2 Å². The van der Waals surface area contributed by atoms with Gasteiger partial charge in [-0.1, -0.05) is 6.92 Å². The smallest absolute Gasteiger partial charge is 0.253 e. The fourth-order valence-corrected chi connectivity index (χ4v) is 2.53. The normalized spacial score (nSPS) is 19.1. The van der Waals surface area contributed by atoms with E-state index in [2.05, 4.69) is 29.0 Å². The van der Waals surface area contributed by atoms with Crippen LogP contribution in [0, 0.1) is 6.92 Å². The lowest BCUT2D eigenvalue weighted by atomic mass is 9.89. The molecule has 0 unspecified atom stereocenters. The summed E-state index contributed by atoms with van der Waals surface area (Å²) in [5, 5.41) is 3.19. The van der Waals surface area contributed by atoms with Crippen LogP contribution in [0.4, 0.5) is 0 Å². The lowest BCUT2D eigenvalue weighted by molar-refractivity contribution is 0.0838. The predicted molar refractivity (Wildman–Crippen MR) is 76.2 cm³/mol. The van der Waals surface area contributed by atoms with Crippen molar-refractivity contribution in [1.29, 1.82) is 0 Å². The van der Waals surface area contributed by atoms with Gasteiger partial charge in [-0.3, -0.25) is 9.78 Å². The van der Waals surface area contributed by atoms with Gasteiger partial charge >= 0.3 is 0 Å². The van der Waals surface area contributed by atoms with E-state index in [0.717, 1.165) is 38.0 Å². The Morgan fingerprint density at radius 2 is 2.16 bits per heavy atom. The number of amides is 1. The highest BCUT2D eigenvalue weighted by Crippen LogP contribution is 2.22. The molecule has 2 heterocycles. The number of carbonyl (C=O) groups excluding carboxylic acids is 1. The number of likely N-dealkylation sites (tertiary alicyclic amines) is 1. The summed E-state index contributed by atoms with van der Waals surface area (Å²) in [4.78, 5) is 18.8. The van der Waals surface area contributed by atoms with Gasteiger partial charge in [-0.05, 0) is 44.9 Å². The molecule has 1 aromatic heterocycles. The second-order valence-corrected chi connectivity index (χ2v) is 5.64. The number of rotatable bonds is 3. The van der Waals surface area contributed by atoms with Crippen molar-refractivity contribution in [2.45, 2.75) is 39.2 Å². The van der Waals surface area contributed by atoms with Gasteiger partial charge < -0.3 is 10.2 Å². The highest BCUT2D eigenvalue weighted by atomic mass is 16.1. The lowest BCUT2D eigenvalue weighted by Crippen LogP contribution is -2.53. The van der Waals surface area contributed by atoms with E-state index < -0.39 is 0 Å². The van der Waals surface area contributed by atoms with Crippen LogP contribution in [0.15, 0.2) is 18.5 Å². The molecule has 0 radical (unpaired) electrons. The van der Waals surface area contributed by atoms with Crippen LogP contribution in [0.1, 0.15) is 42.6 Å². The Morgan fingerprint density at radius 3 is 2.74 bits per heavy atom. The van der Waals surface area contributed by atoms with E-state index in [1.807, 2.05) is 13.0 Å². The fraction of sp³-hybridized carbons (Fsp3) is 0.600. The molecule has 4 nitrogen and oxygen atoms in total. The molecule has 2 rings (SSSR count). The Balaban J connectivity index is 2.01. The number of pyridine rings is 1. The molecule has 0 bridgehead atoms. The minimum atomic E-state index is -0.0922. The Bertz CT molecular complexity index is 450. The first-order valence-electron chi connectivity index (χ1n) is 6.99. The van der Waals surface area contributed by atoms with E-state index in [1.54, 1.807) is 12.4 Å². The summed E-state index contributed by atoms with van der Waals surface area (Å²) in [7, 11) is 0. The molecule has 1 amide bonds. The van der Waals surface area contributed by atoms with Gasteiger partial charge in [0.05, 0.1) is 5.56 Å². The molecule has 4 heteroatoms. The van der Waals surface area contributed by atoms with Gasteiger partial charge in [-0.2, -0.15) is 0 Å². The Kier molecular flexibility index (Phi) is 4.20. The monoisotopic (exact) mass is 261 g/mol. The van der Waals surface area contributed by atoms with Crippen molar-refractivity contribution in [1.82, 2.24) is 15.2 Å². The first-order valence-corrected chi connectivity index (χ1v) is 6.99. The van der Waals surface area contributed by atoms with Crippen LogP contribution in [0.3, 0.4) is 0 Å². The number of nitrogens with zero attached hydrogens (tertiary/aromatic N) is 2. The van der Waals surface area contributed by atoms with Crippen LogP contribution in [-0.4, -0.2) is 41.0 Å². The first kappa shape index (κ1) is 14.0. The highest BCUT2D eigenvalue weighted by Gasteiger charge is 2.31. The number of hydrogen-bond acceptors (Lipinski definition) is 3. The maximum atomic E-state index is 12.3. The average Bonchev–Trinajstić information content (AvgIpc) is 2.39. The van der Waals surface area contributed by atoms with Gasteiger partial charge in [0.2, 0.25) is 0 Å². The van der Waals surface area contributed by atoms with Crippen molar-refractivity contribution in [3.05, 3.63) is 29.6 Å². The van der Waals surface area contributed by atoms with E-state index >= 15 is 0 Å². The maximum Gasteiger partial charge on any atom is 0.253 e. The molecule has 1 saturated heterocycles. The number of nitrogens with one attached hydrogen (secondary N) is 1. The molecular formula is C15H23N3O. The minimum Gasteiger partial charge on any atom is -0.347 e. The first-order chi connectivity index (χ1) is 9.04. The SMILES string of the molecule is CCN1CCC(C)(NC(=O)c2cnccc2C)CC1. The molecule has 1 aliphatic heterocycles. The van der Waals surface area contributed by atoms with Gasteiger partial charge in [-0.15, -0.1) is 0 Å². The van der Waals surface area contributed by atoms with E-state index in [1.165, 1.54) is 0 Å². The number of aromatic nitrogens is 1. The standard InChI is InChI=1S/C15H23N3O/c1-4-18-9-6-15(3,7-10-18)17-14(19)13-11-16-8-5-12(13)2/h5,8,11H,4,6-7,9-10H2,1-3H3,(H,17,19). The summed E-state index contributed by atoms with van der Waals surface area (Å²) in [6.45, 7) is 9.47. The molecule has 0 aliphatic carbocycles. The third kappa shape index (κ3) is 3.32. The van der Waals surface area contributed by atoms with Crippen LogP contribution < -0.4 is 5.32 Å². The highest BCUT2D eigenvalue weighted by molar-refractivity contribution is 5.95. The molecular weight excluding hydrogens is 238 g/mol. The third-order valence-electron chi connectivity index (χ3n) is 4.11. The Labute approximate surface area is 115 Å². The van der Waals surface area contributed by atoms with E-state index in [9.17, 15) is 4.79 Å². The molecule has 1 fully saturated rings. The van der Waals surface area contributed by atoms with Gasteiger partial charge in [-0.25, -0.2) is 0 Å². The zero-order valence-corrected chi connectivity index (χ0v) is 12.1. The third-order valence-corrected chi connectivity index (χ3v) is 4.11. The molecule has 0 atom stereocenters. The Hall–Kier alpha value is -1.42. The average molecular weight is 261 g/mol. The number of carbonyl (C=O) groups is 1. The summed E-state index contributed by atoms with van der Waals surface area (Å²) >= 11 is 0. The van der Waals surface area contributed by atoms with Crippen LogP contribution in [-0.2, 0) is 0 Å². The van der Waals surface area contributed by atoms with Crippen LogP contribution in [0.25, 0.3) is 0 Å². The van der Waals surface area contributed by atoms with E-state index in [4.69, 9.17) is 0 Å². The molecule has 0 spiro atoms. The molecule has 1 aliphatic rings. The number of piperidine rings is 1. The predicted octanol–water partition coefficient (Wildman–Crippen LogP) is 1.99. The largest absolute Gasteiger partial charge is 0.347 e. The summed E-state index contributed by atoms with van der Waals surface area (Å²) in [5.74, 6) is -0.00181. The summed E-state index contributed by atoms with van der Waals surface area (Å²) in [6, 6.07) is 1.87. The quantitative estimate of drug-likeness (QED) is 0.905. The van der Waals surface area contributed by atoms with Gasteiger partial charge in [0.25, 0.3) is 5.91 Å². The summed E-state index contributed by atoms with van der Waals surface area (Å²) in [5.41, 5.74) is 1.56. The van der Waals surface area contributed by atoms with Gasteiger partial charge in [0.15, 0.2) is 0 Å². The van der Waals surface area contributed by atoms with Crippen molar-refractivity contribution >= 4 is 5.91 Å². The fourth-order valence-electron chi connectivity index (χ4n) is 2.53. The van der Waals surface area contributed by atoms with Crippen LogP contribution in [0.2, 0.25) is 0 Å². The van der Waals surface area contributed by atoms with Crippen molar-refractivity contribution < 1.29 is 4.79 Å². The number of aryl methyl sites for hydroxylation is 1. The number of hydrogen-bond donors (Lipinski definition) is 1. The van der Waals surface area contributed by atoms with Crippen LogP contribution in [0.5, 0.6) is 0 Å². The second kappa shape index (κ2) is 5.70. The summed E-state index contributed by atoms with van der Waals surface area (Å²) < 4.78 is 0. The van der Waals surface area contributed by atoms with Crippen LogP contribution >= 0.6 is 0 Å². The van der Waals surface area contributed by atoms with Crippen molar-refractivity contribution in [2.75, 3.05) is 19.6 Å². The molecule has 1 N–H and O–H groups in total. The van der Waals surface area contributed by atoms with Gasteiger partial charge in [0, 0.05) is 31.0 Å². The maximum absolute atomic E-state index is 12.3. The molecule has 19 heavy (non-hydrogen) atoms. The molecule has 0 saturated carbocycles. The van der Waals surface area contributed by atoms with Crippen molar-refractivity contribution in [2.24, 2.45) is 0 Å². The van der Waals surface area contributed by atoms with Crippen molar-refractivity contribution in [3.63, 3.8) is 0 Å². The zero-order valence-electron chi connectivity index (χ0n) is 12.1. The zero-order chi connectivity index (χ0) is 13.9. The van der Waals surface area contributed by atoms with Gasteiger partial charge in [0.1, 0.15) is 0 Å². The second-order valence-electron chi connectivity index (χ2n) is 5.64. The lowest BCUT2D eigenvalue weighted by Gasteiger charge is -2.39. The Morgan fingerprint density at radius 1 is 1.47 bits per heavy atom. The molecule has 1 aromatic rings. The minimum absolute atomic E-state index is 0.00181. The molecule has 104 valence electrons. The summed E-state index contributed by atoms with van der Waals surface area (Å²) in [6.07, 6.45) is 5.38. The molecule has 0 aromatic carbocycles. The van der Waals surface area contributed by atoms with Crippen molar-refractivity contribution in [3.8, 4) is 0 Å². The van der Waals surface area contributed by atoms with E-state index in [-0.39, 0.29) is 11.4 Å². The van der Waals surface area contributed by atoms with E-state index in [0.29, 0.717) is 5.56 Å².